The number of aromatic nitrogens is 3. The van der Waals surface area contributed by atoms with E-state index in [1.807, 2.05) is 30.5 Å². The molecule has 0 aliphatic carbocycles. The van der Waals surface area contributed by atoms with Gasteiger partial charge in [-0.15, -0.1) is 5.10 Å². The Kier molecular flexibility index (Phi) is 3.92. The van der Waals surface area contributed by atoms with Crippen LogP contribution in [0.1, 0.15) is 19.4 Å². The summed E-state index contributed by atoms with van der Waals surface area (Å²) in [5.74, 6) is 0.664. The molecule has 4 nitrogen and oxygen atoms in total. The molecule has 3 rings (SSSR count). The summed E-state index contributed by atoms with van der Waals surface area (Å²) in [6.45, 7) is 4.46. The minimum atomic E-state index is 0.664. The summed E-state index contributed by atoms with van der Waals surface area (Å²) in [6, 6.07) is 16.1. The van der Waals surface area contributed by atoms with Crippen molar-refractivity contribution < 1.29 is 0 Å². The van der Waals surface area contributed by atoms with Crippen molar-refractivity contribution in [3.05, 3.63) is 60.3 Å². The summed E-state index contributed by atoms with van der Waals surface area (Å²) in [6.07, 6.45) is 3.03. The highest BCUT2D eigenvalue weighted by Gasteiger charge is 2.06. The van der Waals surface area contributed by atoms with Crippen molar-refractivity contribution in [1.82, 2.24) is 15.0 Å². The van der Waals surface area contributed by atoms with Crippen molar-refractivity contribution in [2.24, 2.45) is 5.92 Å². The van der Waals surface area contributed by atoms with E-state index < -0.39 is 0 Å². The van der Waals surface area contributed by atoms with Gasteiger partial charge in [-0.2, -0.15) is 0 Å². The number of rotatable bonds is 4. The second-order valence-corrected chi connectivity index (χ2v) is 5.93. The third kappa shape index (κ3) is 3.17. The molecular formula is C18H20N4. The van der Waals surface area contributed by atoms with Gasteiger partial charge < -0.3 is 5.73 Å². The topological polar surface area (TPSA) is 56.7 Å². The lowest BCUT2D eigenvalue weighted by Gasteiger charge is -2.05. The Balaban J connectivity index is 1.82. The van der Waals surface area contributed by atoms with Gasteiger partial charge in [-0.1, -0.05) is 43.3 Å². The van der Waals surface area contributed by atoms with Crippen LogP contribution in [-0.4, -0.2) is 15.0 Å². The first-order chi connectivity index (χ1) is 10.6. The average Bonchev–Trinajstić information content (AvgIpc) is 2.98. The lowest BCUT2D eigenvalue weighted by Crippen LogP contribution is -1.95. The molecule has 0 spiro atoms. The van der Waals surface area contributed by atoms with Gasteiger partial charge in [0.15, 0.2) is 0 Å². The highest BCUT2D eigenvalue weighted by molar-refractivity contribution is 5.58. The smallest absolute Gasteiger partial charge is 0.113 e. The maximum Gasteiger partial charge on any atom is 0.113 e. The number of nitrogens with zero attached hydrogens (tertiary/aromatic N) is 3. The molecule has 1 aromatic heterocycles. The molecule has 3 aromatic rings. The van der Waals surface area contributed by atoms with E-state index in [1.165, 1.54) is 5.56 Å². The number of anilines is 1. The van der Waals surface area contributed by atoms with E-state index >= 15 is 0 Å². The van der Waals surface area contributed by atoms with Crippen LogP contribution >= 0.6 is 0 Å². The van der Waals surface area contributed by atoms with E-state index in [9.17, 15) is 0 Å². The molecule has 22 heavy (non-hydrogen) atoms. The molecule has 0 unspecified atom stereocenters. The van der Waals surface area contributed by atoms with E-state index in [0.717, 1.165) is 29.1 Å². The molecular weight excluding hydrogens is 272 g/mol. The van der Waals surface area contributed by atoms with Crippen molar-refractivity contribution >= 4 is 5.69 Å². The molecule has 0 radical (unpaired) electrons. The Morgan fingerprint density at radius 1 is 1.00 bits per heavy atom. The average molecular weight is 292 g/mol. The number of nitrogen functional groups attached to an aromatic ring is 1. The zero-order valence-corrected chi connectivity index (χ0v) is 12.9. The molecule has 0 aliphatic heterocycles. The molecule has 0 bridgehead atoms. The lowest BCUT2D eigenvalue weighted by atomic mass is 10.0. The summed E-state index contributed by atoms with van der Waals surface area (Å²) < 4.78 is 1.76. The van der Waals surface area contributed by atoms with Crippen molar-refractivity contribution in [1.29, 1.82) is 0 Å². The van der Waals surface area contributed by atoms with Crippen molar-refractivity contribution in [2.45, 2.75) is 20.3 Å². The number of nitrogens with two attached hydrogens (primary N) is 1. The van der Waals surface area contributed by atoms with Gasteiger partial charge in [0, 0.05) is 11.3 Å². The first-order valence-corrected chi connectivity index (χ1v) is 7.49. The third-order valence-electron chi connectivity index (χ3n) is 3.54. The molecule has 0 atom stereocenters. The maximum atomic E-state index is 5.70. The van der Waals surface area contributed by atoms with Gasteiger partial charge in [0.05, 0.1) is 11.9 Å². The van der Waals surface area contributed by atoms with Crippen molar-refractivity contribution in [3.63, 3.8) is 0 Å². The van der Waals surface area contributed by atoms with Gasteiger partial charge in [0.2, 0.25) is 0 Å². The lowest BCUT2D eigenvalue weighted by molar-refractivity contribution is 0.647. The van der Waals surface area contributed by atoms with Crippen LogP contribution in [0.25, 0.3) is 16.9 Å². The number of benzene rings is 2. The first-order valence-electron chi connectivity index (χ1n) is 7.49. The molecule has 1 heterocycles. The Bertz CT molecular complexity index is 740. The molecule has 0 amide bonds. The molecule has 2 aromatic carbocycles. The molecule has 0 saturated carbocycles. The van der Waals surface area contributed by atoms with E-state index in [2.05, 4.69) is 48.4 Å². The zero-order valence-electron chi connectivity index (χ0n) is 12.9. The van der Waals surface area contributed by atoms with Crippen LogP contribution in [0.4, 0.5) is 5.69 Å². The summed E-state index contributed by atoms with van der Waals surface area (Å²) in [4.78, 5) is 0. The third-order valence-corrected chi connectivity index (χ3v) is 3.54. The summed E-state index contributed by atoms with van der Waals surface area (Å²) in [5.41, 5.74) is 10.7. The molecule has 112 valence electrons. The predicted molar refractivity (Wildman–Crippen MR) is 89.7 cm³/mol. The fourth-order valence-electron chi connectivity index (χ4n) is 2.43. The standard InChI is InChI=1S/C18H20N4/c1-13(2)11-14-3-5-15(6-4-14)18-12-22(21-20-18)17-9-7-16(19)8-10-17/h3-10,12-13H,11,19H2,1-2H3. The minimum Gasteiger partial charge on any atom is -0.399 e. The fraction of sp³-hybridized carbons (Fsp3) is 0.222. The SMILES string of the molecule is CC(C)Cc1ccc(-c2cn(-c3ccc(N)cc3)nn2)cc1. The Labute approximate surface area is 130 Å². The van der Waals surface area contributed by atoms with Crippen LogP contribution in [0, 0.1) is 5.92 Å². The van der Waals surface area contributed by atoms with Crippen LogP contribution in [-0.2, 0) is 6.42 Å². The van der Waals surface area contributed by atoms with Crippen LogP contribution in [0.3, 0.4) is 0 Å². The molecule has 0 aliphatic rings. The fourth-order valence-corrected chi connectivity index (χ4v) is 2.43. The maximum absolute atomic E-state index is 5.70. The Morgan fingerprint density at radius 3 is 2.32 bits per heavy atom. The van der Waals surface area contributed by atoms with E-state index in [1.54, 1.807) is 4.68 Å². The van der Waals surface area contributed by atoms with Gasteiger partial charge in [-0.3, -0.25) is 0 Å². The van der Waals surface area contributed by atoms with Gasteiger partial charge >= 0.3 is 0 Å². The van der Waals surface area contributed by atoms with Crippen molar-refractivity contribution in [3.8, 4) is 16.9 Å². The normalized spacial score (nSPS) is 11.0. The van der Waals surface area contributed by atoms with Crippen LogP contribution in [0.15, 0.2) is 54.7 Å². The number of hydrogen-bond acceptors (Lipinski definition) is 3. The van der Waals surface area contributed by atoms with E-state index in [4.69, 9.17) is 5.73 Å². The second kappa shape index (κ2) is 6.02. The van der Waals surface area contributed by atoms with Crippen LogP contribution in [0.5, 0.6) is 0 Å². The molecule has 2 N–H and O–H groups in total. The van der Waals surface area contributed by atoms with Gasteiger partial charge in [0.1, 0.15) is 5.69 Å². The minimum absolute atomic E-state index is 0.664. The zero-order chi connectivity index (χ0) is 15.5. The van der Waals surface area contributed by atoms with Crippen LogP contribution < -0.4 is 5.73 Å². The second-order valence-electron chi connectivity index (χ2n) is 5.93. The first kappa shape index (κ1) is 14.3. The quantitative estimate of drug-likeness (QED) is 0.746. The number of hydrogen-bond donors (Lipinski definition) is 1. The molecule has 0 saturated heterocycles. The Morgan fingerprint density at radius 2 is 1.68 bits per heavy atom. The molecule has 0 fully saturated rings. The molecule has 4 heteroatoms. The highest BCUT2D eigenvalue weighted by atomic mass is 15.4. The van der Waals surface area contributed by atoms with Gasteiger partial charge in [0.25, 0.3) is 0 Å². The largest absolute Gasteiger partial charge is 0.399 e. The summed E-state index contributed by atoms with van der Waals surface area (Å²) >= 11 is 0. The van der Waals surface area contributed by atoms with Crippen LogP contribution in [0.2, 0.25) is 0 Å². The van der Waals surface area contributed by atoms with Crippen molar-refractivity contribution in [2.75, 3.05) is 5.73 Å². The van der Waals surface area contributed by atoms with Gasteiger partial charge in [-0.05, 0) is 42.2 Å². The monoisotopic (exact) mass is 292 g/mol. The summed E-state index contributed by atoms with van der Waals surface area (Å²) in [5, 5.41) is 8.45. The van der Waals surface area contributed by atoms with Gasteiger partial charge in [-0.25, -0.2) is 4.68 Å². The summed E-state index contributed by atoms with van der Waals surface area (Å²) in [7, 11) is 0. The van der Waals surface area contributed by atoms with E-state index in [0.29, 0.717) is 5.92 Å². The van der Waals surface area contributed by atoms with E-state index in [-0.39, 0.29) is 0 Å². The predicted octanol–water partition coefficient (Wildman–Crippen LogP) is 3.72. The Hall–Kier alpha value is -2.62. The highest BCUT2D eigenvalue weighted by Crippen LogP contribution is 2.20.